The van der Waals surface area contributed by atoms with E-state index in [2.05, 4.69) is 5.10 Å². The van der Waals surface area contributed by atoms with Gasteiger partial charge in [-0.15, -0.1) is 0 Å². The zero-order chi connectivity index (χ0) is 20.5. The van der Waals surface area contributed by atoms with Crippen LogP contribution in [0.4, 0.5) is 0 Å². The normalized spacial score (nSPS) is 25.5. The topological polar surface area (TPSA) is 82.9 Å². The van der Waals surface area contributed by atoms with Crippen LogP contribution in [-0.4, -0.2) is 64.8 Å². The van der Waals surface area contributed by atoms with Gasteiger partial charge in [-0.05, 0) is 53.0 Å². The van der Waals surface area contributed by atoms with Crippen LogP contribution < -0.4 is 0 Å². The van der Waals surface area contributed by atoms with E-state index >= 15 is 0 Å². The second kappa shape index (κ2) is 8.21. The molecule has 0 spiro atoms. The van der Waals surface area contributed by atoms with Gasteiger partial charge in [-0.25, -0.2) is 0 Å². The quantitative estimate of drug-likeness (QED) is 0.628. The smallest absolute Gasteiger partial charge is 0.309 e. The largest absolute Gasteiger partial charge is 0.466 e. The fourth-order valence-corrected chi connectivity index (χ4v) is 3.73. The zero-order valence-corrected chi connectivity index (χ0v) is 17.4. The average molecular weight is 393 g/mol. The second-order valence-electron chi connectivity index (χ2n) is 8.00. The van der Waals surface area contributed by atoms with Crippen LogP contribution in [0.3, 0.4) is 0 Å². The molecule has 3 rings (SSSR count). The first-order valence-corrected chi connectivity index (χ1v) is 10.1. The van der Waals surface area contributed by atoms with Crippen molar-refractivity contribution < 1.29 is 23.8 Å². The van der Waals surface area contributed by atoms with Crippen molar-refractivity contribution in [3.05, 3.63) is 17.5 Å². The Morgan fingerprint density at radius 2 is 2.11 bits per heavy atom. The van der Waals surface area contributed by atoms with Gasteiger partial charge in [0, 0.05) is 19.6 Å². The van der Waals surface area contributed by atoms with Crippen molar-refractivity contribution in [3.8, 4) is 0 Å². The van der Waals surface area contributed by atoms with E-state index in [0.29, 0.717) is 38.5 Å². The van der Waals surface area contributed by atoms with E-state index in [0.717, 1.165) is 12.1 Å². The Morgan fingerprint density at radius 1 is 1.36 bits per heavy atom. The van der Waals surface area contributed by atoms with Crippen LogP contribution in [0.5, 0.6) is 0 Å². The minimum atomic E-state index is -0.645. The van der Waals surface area contributed by atoms with Crippen molar-refractivity contribution in [1.82, 2.24) is 14.7 Å². The molecule has 2 fully saturated rings. The third-order valence-electron chi connectivity index (χ3n) is 5.17. The molecule has 8 nitrogen and oxygen atoms in total. The van der Waals surface area contributed by atoms with Gasteiger partial charge in [-0.3, -0.25) is 14.3 Å². The van der Waals surface area contributed by atoms with E-state index in [9.17, 15) is 9.59 Å². The Balaban J connectivity index is 1.73. The summed E-state index contributed by atoms with van der Waals surface area (Å²) in [5, 5.41) is 4.39. The first-order valence-electron chi connectivity index (χ1n) is 10.1. The molecule has 2 heterocycles. The monoisotopic (exact) mass is 393 g/mol. The number of amides is 1. The SMILES string of the molecule is CCOC(=O)[C@H]1C[C@H]1CN(C[C@@H]1COC(C)(C)O1)C(=O)c1cc(C)nn1CC. The van der Waals surface area contributed by atoms with E-state index in [-0.39, 0.29) is 29.8 Å². The molecule has 1 aliphatic heterocycles. The molecule has 28 heavy (non-hydrogen) atoms. The van der Waals surface area contributed by atoms with Crippen molar-refractivity contribution in [3.63, 3.8) is 0 Å². The van der Waals surface area contributed by atoms with E-state index in [1.807, 2.05) is 33.8 Å². The Hall–Kier alpha value is -1.93. The Kier molecular flexibility index (Phi) is 6.09. The summed E-state index contributed by atoms with van der Waals surface area (Å²) >= 11 is 0. The first-order chi connectivity index (χ1) is 13.2. The summed E-state index contributed by atoms with van der Waals surface area (Å²) in [6, 6.07) is 1.81. The molecular weight excluding hydrogens is 362 g/mol. The number of hydrogen-bond donors (Lipinski definition) is 0. The number of aryl methyl sites for hydroxylation is 2. The van der Waals surface area contributed by atoms with Crippen LogP contribution in [0.1, 0.15) is 50.3 Å². The fourth-order valence-electron chi connectivity index (χ4n) is 3.73. The van der Waals surface area contributed by atoms with Crippen LogP contribution in [-0.2, 0) is 25.5 Å². The van der Waals surface area contributed by atoms with Gasteiger partial charge in [0.1, 0.15) is 11.8 Å². The molecule has 0 radical (unpaired) electrons. The molecule has 1 aliphatic carbocycles. The van der Waals surface area contributed by atoms with Crippen molar-refractivity contribution in [2.24, 2.45) is 11.8 Å². The summed E-state index contributed by atoms with van der Waals surface area (Å²) in [6.45, 7) is 11.7. The molecule has 1 saturated carbocycles. The van der Waals surface area contributed by atoms with Crippen LogP contribution >= 0.6 is 0 Å². The molecule has 8 heteroatoms. The number of nitrogens with zero attached hydrogens (tertiary/aromatic N) is 3. The van der Waals surface area contributed by atoms with Gasteiger partial charge in [0.2, 0.25) is 0 Å². The molecule has 1 aromatic heterocycles. The summed E-state index contributed by atoms with van der Waals surface area (Å²) in [7, 11) is 0. The summed E-state index contributed by atoms with van der Waals surface area (Å²) in [5.74, 6) is -0.905. The van der Waals surface area contributed by atoms with Gasteiger partial charge >= 0.3 is 5.97 Å². The van der Waals surface area contributed by atoms with Crippen LogP contribution in [0.2, 0.25) is 0 Å². The Morgan fingerprint density at radius 3 is 2.71 bits per heavy atom. The van der Waals surface area contributed by atoms with Gasteiger partial charge < -0.3 is 19.1 Å². The molecule has 1 saturated heterocycles. The molecule has 1 amide bonds. The molecule has 0 aromatic carbocycles. The second-order valence-corrected chi connectivity index (χ2v) is 8.00. The third-order valence-corrected chi connectivity index (χ3v) is 5.17. The predicted octanol–water partition coefficient (Wildman–Crippen LogP) is 2.00. The summed E-state index contributed by atoms with van der Waals surface area (Å²) in [4.78, 5) is 27.1. The number of rotatable bonds is 8. The minimum absolute atomic E-state index is 0.0923. The number of hydrogen-bond acceptors (Lipinski definition) is 6. The number of carbonyl (C=O) groups is 2. The molecule has 0 unspecified atom stereocenters. The molecule has 2 aliphatic rings. The summed E-state index contributed by atoms with van der Waals surface area (Å²) in [5.41, 5.74) is 1.37. The van der Waals surface area contributed by atoms with Crippen LogP contribution in [0.15, 0.2) is 6.07 Å². The fraction of sp³-hybridized carbons (Fsp3) is 0.750. The molecule has 0 N–H and O–H groups in total. The van der Waals surface area contributed by atoms with Gasteiger partial charge in [0.25, 0.3) is 5.91 Å². The number of ether oxygens (including phenoxy) is 3. The van der Waals surface area contributed by atoms with Gasteiger partial charge in [0.05, 0.1) is 24.8 Å². The van der Waals surface area contributed by atoms with Crippen molar-refractivity contribution in [1.29, 1.82) is 0 Å². The molecule has 3 atom stereocenters. The third kappa shape index (κ3) is 4.72. The maximum atomic E-state index is 13.3. The summed E-state index contributed by atoms with van der Waals surface area (Å²) in [6.07, 6.45) is 0.556. The Labute approximate surface area is 166 Å². The standard InChI is InChI=1S/C20H31N3O5/c1-6-23-17(8-13(3)21-23)18(24)22(11-15-12-27-20(4,5)28-15)10-14-9-16(14)19(25)26-7-2/h8,14-16H,6-7,9-12H2,1-5H3/t14-,15+,16-/m0/s1. The first kappa shape index (κ1) is 20.8. The van der Waals surface area contributed by atoms with Gasteiger partial charge in [-0.2, -0.15) is 5.10 Å². The highest BCUT2D eigenvalue weighted by Crippen LogP contribution is 2.40. The molecule has 156 valence electrons. The van der Waals surface area contributed by atoms with Gasteiger partial charge in [0.15, 0.2) is 5.79 Å². The van der Waals surface area contributed by atoms with E-state index in [4.69, 9.17) is 14.2 Å². The molecular formula is C20H31N3O5. The number of esters is 1. The van der Waals surface area contributed by atoms with E-state index in [1.54, 1.807) is 16.5 Å². The zero-order valence-electron chi connectivity index (χ0n) is 17.4. The lowest BCUT2D eigenvalue weighted by Crippen LogP contribution is -2.41. The van der Waals surface area contributed by atoms with Crippen molar-refractivity contribution in [2.75, 3.05) is 26.3 Å². The van der Waals surface area contributed by atoms with Crippen molar-refractivity contribution in [2.45, 2.75) is 59.5 Å². The highest BCUT2D eigenvalue weighted by molar-refractivity contribution is 5.93. The van der Waals surface area contributed by atoms with Crippen molar-refractivity contribution >= 4 is 11.9 Å². The average Bonchev–Trinajstić information content (AvgIpc) is 3.17. The highest BCUT2D eigenvalue weighted by atomic mass is 16.7. The Bertz CT molecular complexity index is 729. The predicted molar refractivity (Wildman–Crippen MR) is 102 cm³/mol. The molecule has 0 bridgehead atoms. The van der Waals surface area contributed by atoms with E-state index in [1.165, 1.54) is 0 Å². The maximum absolute atomic E-state index is 13.3. The summed E-state index contributed by atoms with van der Waals surface area (Å²) < 4.78 is 18.4. The van der Waals surface area contributed by atoms with Gasteiger partial charge in [-0.1, -0.05) is 0 Å². The number of aromatic nitrogens is 2. The number of carbonyl (C=O) groups excluding carboxylic acids is 2. The highest BCUT2D eigenvalue weighted by Gasteiger charge is 2.46. The lowest BCUT2D eigenvalue weighted by molar-refractivity contribution is -0.145. The van der Waals surface area contributed by atoms with Crippen LogP contribution in [0, 0.1) is 18.8 Å². The lowest BCUT2D eigenvalue weighted by Gasteiger charge is -2.26. The maximum Gasteiger partial charge on any atom is 0.309 e. The van der Waals surface area contributed by atoms with Crippen LogP contribution in [0.25, 0.3) is 0 Å². The minimum Gasteiger partial charge on any atom is -0.466 e. The molecule has 1 aromatic rings. The lowest BCUT2D eigenvalue weighted by atomic mass is 10.2. The van der Waals surface area contributed by atoms with E-state index < -0.39 is 5.79 Å².